The fourth-order valence-electron chi connectivity index (χ4n) is 3.41. The third-order valence-corrected chi connectivity index (χ3v) is 5.62. The van der Waals surface area contributed by atoms with Crippen molar-refractivity contribution in [3.63, 3.8) is 0 Å². The second kappa shape index (κ2) is 11.3. The number of unbranched alkanes of at least 4 members (excludes halogenated alkanes) is 5. The van der Waals surface area contributed by atoms with Gasteiger partial charge in [-0.2, -0.15) is 12.6 Å². The molecule has 0 spiro atoms. The Morgan fingerprint density at radius 2 is 1.45 bits per heavy atom. The van der Waals surface area contributed by atoms with Gasteiger partial charge < -0.3 is 9.84 Å². The normalized spacial score (nSPS) is 13.4. The van der Waals surface area contributed by atoms with Gasteiger partial charge in [-0.3, -0.25) is 4.79 Å². The summed E-state index contributed by atoms with van der Waals surface area (Å²) in [6.07, 6.45) is 7.48. The van der Waals surface area contributed by atoms with Gasteiger partial charge in [0.25, 0.3) is 0 Å². The van der Waals surface area contributed by atoms with E-state index in [0.717, 1.165) is 29.5 Å². The summed E-state index contributed by atoms with van der Waals surface area (Å²) in [5.41, 5.74) is 2.44. The third kappa shape index (κ3) is 8.62. The van der Waals surface area contributed by atoms with Gasteiger partial charge in [-0.15, -0.1) is 0 Å². The average molecular weight is 423 g/mol. The lowest BCUT2D eigenvalue weighted by Crippen LogP contribution is -2.22. The largest absolute Gasteiger partial charge is 0.507 e. The number of hydrogen-bond donors (Lipinski definition) is 2. The van der Waals surface area contributed by atoms with Gasteiger partial charge >= 0.3 is 5.97 Å². The van der Waals surface area contributed by atoms with Gasteiger partial charge in [0.15, 0.2) is 0 Å². The maximum Gasteiger partial charge on any atom is 0.319 e. The molecule has 0 saturated carbocycles. The van der Waals surface area contributed by atoms with E-state index in [2.05, 4.69) is 61.1 Å². The molecule has 1 N–H and O–H groups in total. The minimum atomic E-state index is -0.500. The smallest absolute Gasteiger partial charge is 0.319 e. The maximum absolute atomic E-state index is 12.4. The number of phenols is 1. The first kappa shape index (κ1) is 25.9. The topological polar surface area (TPSA) is 46.5 Å². The van der Waals surface area contributed by atoms with Crippen LogP contribution in [0.5, 0.6) is 5.75 Å². The molecule has 1 aromatic rings. The predicted molar refractivity (Wildman–Crippen MR) is 126 cm³/mol. The molecular formula is C25H42O3S. The Labute approximate surface area is 184 Å². The van der Waals surface area contributed by atoms with E-state index in [4.69, 9.17) is 4.74 Å². The molecule has 0 heterocycles. The zero-order chi connectivity index (χ0) is 22.2. The summed E-state index contributed by atoms with van der Waals surface area (Å²) in [6.45, 7) is 15.2. The van der Waals surface area contributed by atoms with E-state index in [1.54, 1.807) is 0 Å². The predicted octanol–water partition coefficient (Wildman–Crippen LogP) is 6.73. The number of thiol groups is 1. The molecule has 0 fully saturated rings. The SMILES string of the molecule is CCCCCCCCOC(=O)C(S)Cc1cc(C(C)(C)C)c(O)c(C(C)(C)C)c1. The minimum absolute atomic E-state index is 0.190. The molecule has 0 bridgehead atoms. The van der Waals surface area contributed by atoms with E-state index in [0.29, 0.717) is 18.8 Å². The summed E-state index contributed by atoms with van der Waals surface area (Å²) < 4.78 is 5.44. The van der Waals surface area contributed by atoms with Crippen LogP contribution in [-0.2, 0) is 26.8 Å². The molecule has 4 heteroatoms. The number of rotatable bonds is 10. The molecule has 3 nitrogen and oxygen atoms in total. The number of hydrogen-bond acceptors (Lipinski definition) is 4. The zero-order valence-electron chi connectivity index (χ0n) is 19.6. The maximum atomic E-state index is 12.4. The summed E-state index contributed by atoms with van der Waals surface area (Å²) >= 11 is 4.51. The molecule has 0 amide bonds. The molecule has 0 radical (unpaired) electrons. The van der Waals surface area contributed by atoms with Gasteiger partial charge in [-0.05, 0) is 40.4 Å². The minimum Gasteiger partial charge on any atom is -0.507 e. The Balaban J connectivity index is 2.77. The summed E-state index contributed by atoms with van der Waals surface area (Å²) in [6, 6.07) is 4.02. The Hall–Kier alpha value is -1.16. The number of carbonyl (C=O) groups excluding carboxylic acids is 1. The van der Waals surface area contributed by atoms with Crippen molar-refractivity contribution >= 4 is 18.6 Å². The fraction of sp³-hybridized carbons (Fsp3) is 0.720. The molecule has 0 saturated heterocycles. The van der Waals surface area contributed by atoms with E-state index in [1.807, 2.05) is 12.1 Å². The van der Waals surface area contributed by atoms with Crippen LogP contribution in [-0.4, -0.2) is 22.9 Å². The van der Waals surface area contributed by atoms with E-state index >= 15 is 0 Å². The first-order valence-corrected chi connectivity index (χ1v) is 11.6. The summed E-state index contributed by atoms with van der Waals surface area (Å²) in [5.74, 6) is 0.0969. The van der Waals surface area contributed by atoms with Crippen molar-refractivity contribution < 1.29 is 14.6 Å². The van der Waals surface area contributed by atoms with Crippen LogP contribution in [0.2, 0.25) is 0 Å². The van der Waals surface area contributed by atoms with Gasteiger partial charge in [0.2, 0.25) is 0 Å². The summed E-state index contributed by atoms with van der Waals surface area (Å²) in [4.78, 5) is 12.4. The van der Waals surface area contributed by atoms with E-state index in [9.17, 15) is 9.90 Å². The zero-order valence-corrected chi connectivity index (χ0v) is 20.5. The highest BCUT2D eigenvalue weighted by atomic mass is 32.1. The highest BCUT2D eigenvalue weighted by molar-refractivity contribution is 7.81. The lowest BCUT2D eigenvalue weighted by molar-refractivity contribution is -0.143. The summed E-state index contributed by atoms with van der Waals surface area (Å²) in [7, 11) is 0. The van der Waals surface area contributed by atoms with Gasteiger partial charge in [0.1, 0.15) is 11.0 Å². The van der Waals surface area contributed by atoms with Crippen LogP contribution in [0.1, 0.15) is 104 Å². The Morgan fingerprint density at radius 1 is 0.966 bits per heavy atom. The Kier molecular flexibility index (Phi) is 10.1. The van der Waals surface area contributed by atoms with Crippen molar-refractivity contribution in [2.24, 2.45) is 0 Å². The van der Waals surface area contributed by atoms with Gasteiger partial charge in [0.05, 0.1) is 6.61 Å². The summed E-state index contributed by atoms with van der Waals surface area (Å²) in [5, 5.41) is 10.3. The molecule has 166 valence electrons. The molecule has 29 heavy (non-hydrogen) atoms. The van der Waals surface area contributed by atoms with Crippen LogP contribution in [0.15, 0.2) is 12.1 Å². The van der Waals surface area contributed by atoms with Crippen molar-refractivity contribution in [2.45, 2.75) is 109 Å². The van der Waals surface area contributed by atoms with Gasteiger partial charge in [0, 0.05) is 0 Å². The lowest BCUT2D eigenvalue weighted by Gasteiger charge is -2.28. The van der Waals surface area contributed by atoms with Gasteiger partial charge in [-0.1, -0.05) is 92.7 Å². The number of benzene rings is 1. The molecule has 0 aliphatic heterocycles. The highest BCUT2D eigenvalue weighted by Gasteiger charge is 2.27. The molecule has 0 aromatic heterocycles. The number of esters is 1. The Bertz CT molecular complexity index is 618. The van der Waals surface area contributed by atoms with Crippen LogP contribution in [0.3, 0.4) is 0 Å². The van der Waals surface area contributed by atoms with Crippen molar-refractivity contribution in [3.05, 3.63) is 28.8 Å². The van der Waals surface area contributed by atoms with Gasteiger partial charge in [-0.25, -0.2) is 0 Å². The van der Waals surface area contributed by atoms with Crippen LogP contribution < -0.4 is 0 Å². The van der Waals surface area contributed by atoms with Crippen molar-refractivity contribution in [1.29, 1.82) is 0 Å². The lowest BCUT2D eigenvalue weighted by atomic mass is 9.78. The highest BCUT2D eigenvalue weighted by Crippen LogP contribution is 2.40. The molecule has 1 atom stereocenters. The fourth-order valence-corrected chi connectivity index (χ4v) is 3.70. The first-order chi connectivity index (χ1) is 13.4. The van der Waals surface area contributed by atoms with Crippen LogP contribution in [0.25, 0.3) is 0 Å². The quantitative estimate of drug-likeness (QED) is 0.249. The van der Waals surface area contributed by atoms with E-state index in [-0.39, 0.29) is 16.8 Å². The standard InChI is InChI=1S/C25H42O3S/c1-8-9-10-11-12-13-14-28-23(27)21(29)17-18-15-19(24(2,3)4)22(26)20(16-18)25(5,6)7/h15-16,21,26,29H,8-14,17H2,1-7H3. The number of phenolic OH excluding ortho intramolecular Hbond substituents is 1. The molecule has 0 aliphatic carbocycles. The van der Waals surface area contributed by atoms with Crippen molar-refractivity contribution in [3.8, 4) is 5.75 Å². The number of aromatic hydroxyl groups is 1. The van der Waals surface area contributed by atoms with E-state index in [1.165, 1.54) is 25.7 Å². The molecular weight excluding hydrogens is 380 g/mol. The van der Waals surface area contributed by atoms with E-state index < -0.39 is 5.25 Å². The molecule has 1 aromatic carbocycles. The third-order valence-electron chi connectivity index (χ3n) is 5.23. The second-order valence-corrected chi connectivity index (χ2v) is 10.8. The average Bonchev–Trinajstić information content (AvgIpc) is 2.60. The Morgan fingerprint density at radius 3 is 1.93 bits per heavy atom. The van der Waals surface area contributed by atoms with Crippen molar-refractivity contribution in [1.82, 2.24) is 0 Å². The molecule has 0 aliphatic rings. The van der Waals surface area contributed by atoms with Crippen LogP contribution in [0, 0.1) is 0 Å². The van der Waals surface area contributed by atoms with Crippen LogP contribution in [0.4, 0.5) is 0 Å². The number of carbonyl (C=O) groups is 1. The second-order valence-electron chi connectivity index (χ2n) is 10.2. The van der Waals surface area contributed by atoms with Crippen molar-refractivity contribution in [2.75, 3.05) is 6.61 Å². The first-order valence-electron chi connectivity index (χ1n) is 11.1. The van der Waals surface area contributed by atoms with Crippen LogP contribution >= 0.6 is 12.6 Å². The molecule has 1 rings (SSSR count). The number of ether oxygens (including phenoxy) is 1. The monoisotopic (exact) mass is 422 g/mol. The molecule has 1 unspecified atom stereocenters.